The number of benzene rings is 1. The van der Waals surface area contributed by atoms with Gasteiger partial charge in [0.25, 0.3) is 0 Å². The maximum Gasteiger partial charge on any atom is 0.225 e. The quantitative estimate of drug-likeness (QED) is 0.874. The molecule has 1 heterocycles. The molecule has 116 valence electrons. The highest BCUT2D eigenvalue weighted by Crippen LogP contribution is 2.22. The zero-order valence-electron chi connectivity index (χ0n) is 12.5. The van der Waals surface area contributed by atoms with Crippen molar-refractivity contribution >= 4 is 11.6 Å². The molecule has 4 nitrogen and oxygen atoms in total. The number of nitrogens with one attached hydrogen (secondary N) is 1. The first-order valence-electron chi connectivity index (χ1n) is 7.56. The Morgan fingerprint density at radius 1 is 1.52 bits per heavy atom. The van der Waals surface area contributed by atoms with E-state index in [4.69, 9.17) is 5.73 Å². The number of halogens is 1. The lowest BCUT2D eigenvalue weighted by molar-refractivity contribution is -0.116. The molecular formula is C16H24FN3O. The van der Waals surface area contributed by atoms with E-state index < -0.39 is 0 Å². The molecule has 1 fully saturated rings. The van der Waals surface area contributed by atoms with Crippen molar-refractivity contribution < 1.29 is 9.18 Å². The largest absolute Gasteiger partial charge is 0.330 e. The summed E-state index contributed by atoms with van der Waals surface area (Å²) in [5.74, 6) is 0.754. The maximum absolute atomic E-state index is 13.0. The summed E-state index contributed by atoms with van der Waals surface area (Å²) in [5.41, 5.74) is 6.29. The third kappa shape index (κ3) is 4.79. The van der Waals surface area contributed by atoms with Crippen LogP contribution in [0.4, 0.5) is 10.1 Å². The first kappa shape index (κ1) is 15.9. The Morgan fingerprint density at radius 3 is 3.05 bits per heavy atom. The van der Waals surface area contributed by atoms with E-state index in [9.17, 15) is 9.18 Å². The van der Waals surface area contributed by atoms with Crippen molar-refractivity contribution in [2.24, 2.45) is 17.6 Å². The van der Waals surface area contributed by atoms with Crippen LogP contribution in [-0.2, 0) is 4.79 Å². The van der Waals surface area contributed by atoms with Crippen molar-refractivity contribution in [1.82, 2.24) is 4.90 Å². The number of carbonyl (C=O) groups excluding carboxylic acids is 1. The number of hydrogen-bond donors (Lipinski definition) is 2. The third-order valence-electron chi connectivity index (χ3n) is 4.26. The molecule has 21 heavy (non-hydrogen) atoms. The molecule has 1 aliphatic rings. The minimum Gasteiger partial charge on any atom is -0.330 e. The lowest BCUT2D eigenvalue weighted by Crippen LogP contribution is -2.43. The van der Waals surface area contributed by atoms with Crippen LogP contribution in [0.5, 0.6) is 0 Å². The van der Waals surface area contributed by atoms with Gasteiger partial charge in [-0.3, -0.25) is 4.79 Å². The molecule has 1 saturated heterocycles. The van der Waals surface area contributed by atoms with Gasteiger partial charge in [0.15, 0.2) is 0 Å². The van der Waals surface area contributed by atoms with Gasteiger partial charge >= 0.3 is 0 Å². The van der Waals surface area contributed by atoms with E-state index >= 15 is 0 Å². The van der Waals surface area contributed by atoms with Gasteiger partial charge in [0.2, 0.25) is 5.91 Å². The Labute approximate surface area is 125 Å². The smallest absolute Gasteiger partial charge is 0.225 e. The Bertz CT molecular complexity index is 480. The van der Waals surface area contributed by atoms with E-state index in [1.807, 2.05) is 0 Å². The van der Waals surface area contributed by atoms with Crippen molar-refractivity contribution in [3.8, 4) is 0 Å². The minimum atomic E-state index is -0.344. The summed E-state index contributed by atoms with van der Waals surface area (Å²) in [5, 5.41) is 2.73. The fourth-order valence-electron chi connectivity index (χ4n) is 2.78. The second kappa shape index (κ2) is 7.52. The Balaban J connectivity index is 1.76. The molecule has 1 amide bonds. The highest BCUT2D eigenvalue weighted by molar-refractivity contribution is 5.90. The molecule has 2 unspecified atom stereocenters. The summed E-state index contributed by atoms with van der Waals surface area (Å²) in [4.78, 5) is 14.2. The average molecular weight is 293 g/mol. The van der Waals surface area contributed by atoms with E-state index in [1.165, 1.54) is 12.1 Å². The molecule has 0 aromatic heterocycles. The van der Waals surface area contributed by atoms with Crippen LogP contribution >= 0.6 is 0 Å². The second-order valence-electron chi connectivity index (χ2n) is 5.87. The summed E-state index contributed by atoms with van der Waals surface area (Å²) in [6.45, 7) is 5.65. The topological polar surface area (TPSA) is 58.4 Å². The zero-order valence-corrected chi connectivity index (χ0v) is 12.5. The molecule has 0 aliphatic carbocycles. The third-order valence-corrected chi connectivity index (χ3v) is 4.26. The molecule has 5 heteroatoms. The standard InChI is InChI=1S/C16H24FN3O/c1-12-5-7-20(11-13(12)10-18)8-6-16(21)19-15-4-2-3-14(17)9-15/h2-4,9,12-13H,5-8,10-11,18H2,1H3,(H,19,21). The average Bonchev–Trinajstić information content (AvgIpc) is 2.46. The number of rotatable bonds is 5. The van der Waals surface area contributed by atoms with Gasteiger partial charge in [-0.1, -0.05) is 13.0 Å². The van der Waals surface area contributed by atoms with Gasteiger partial charge in [-0.25, -0.2) is 4.39 Å². The number of likely N-dealkylation sites (tertiary alicyclic amines) is 1. The van der Waals surface area contributed by atoms with Crippen LogP contribution in [-0.4, -0.2) is 37.0 Å². The highest BCUT2D eigenvalue weighted by Gasteiger charge is 2.25. The van der Waals surface area contributed by atoms with Crippen molar-refractivity contribution in [2.75, 3.05) is 31.5 Å². The summed E-state index contributed by atoms with van der Waals surface area (Å²) < 4.78 is 13.0. The summed E-state index contributed by atoms with van der Waals surface area (Å²) >= 11 is 0. The van der Waals surface area contributed by atoms with Crippen LogP contribution in [0.25, 0.3) is 0 Å². The molecule has 1 aliphatic heterocycles. The van der Waals surface area contributed by atoms with Gasteiger partial charge in [-0.2, -0.15) is 0 Å². The Kier molecular flexibility index (Phi) is 5.70. The van der Waals surface area contributed by atoms with Gasteiger partial charge < -0.3 is 16.0 Å². The predicted molar refractivity (Wildman–Crippen MR) is 82.4 cm³/mol. The summed E-state index contributed by atoms with van der Waals surface area (Å²) in [6.07, 6.45) is 1.55. The zero-order chi connectivity index (χ0) is 15.2. The number of carbonyl (C=O) groups is 1. The second-order valence-corrected chi connectivity index (χ2v) is 5.87. The highest BCUT2D eigenvalue weighted by atomic mass is 19.1. The normalized spacial score (nSPS) is 23.0. The SMILES string of the molecule is CC1CCN(CCC(=O)Nc2cccc(F)c2)CC1CN. The maximum atomic E-state index is 13.0. The molecule has 0 radical (unpaired) electrons. The van der Waals surface area contributed by atoms with Crippen molar-refractivity contribution in [2.45, 2.75) is 19.8 Å². The van der Waals surface area contributed by atoms with Gasteiger partial charge in [0.05, 0.1) is 0 Å². The Hall–Kier alpha value is -1.46. The van der Waals surface area contributed by atoms with Crippen LogP contribution in [0.15, 0.2) is 24.3 Å². The molecular weight excluding hydrogens is 269 g/mol. The van der Waals surface area contributed by atoms with Crippen LogP contribution < -0.4 is 11.1 Å². The van der Waals surface area contributed by atoms with Crippen LogP contribution in [0.3, 0.4) is 0 Å². The molecule has 2 atom stereocenters. The van der Waals surface area contributed by atoms with E-state index in [1.54, 1.807) is 12.1 Å². The lowest BCUT2D eigenvalue weighted by atomic mass is 9.87. The number of nitrogens with two attached hydrogens (primary N) is 1. The number of hydrogen-bond acceptors (Lipinski definition) is 3. The van der Waals surface area contributed by atoms with E-state index in [2.05, 4.69) is 17.1 Å². The fourth-order valence-corrected chi connectivity index (χ4v) is 2.78. The number of anilines is 1. The van der Waals surface area contributed by atoms with Crippen LogP contribution in [0.1, 0.15) is 19.8 Å². The van der Waals surface area contributed by atoms with Gasteiger partial charge in [-0.05, 0) is 49.5 Å². The van der Waals surface area contributed by atoms with Gasteiger partial charge in [0.1, 0.15) is 5.82 Å². The predicted octanol–water partition coefficient (Wildman–Crippen LogP) is 2.07. The molecule has 3 N–H and O–H groups in total. The molecule has 0 saturated carbocycles. The fraction of sp³-hybridized carbons (Fsp3) is 0.562. The molecule has 0 bridgehead atoms. The lowest BCUT2D eigenvalue weighted by Gasteiger charge is -2.36. The van der Waals surface area contributed by atoms with Crippen molar-refractivity contribution in [3.63, 3.8) is 0 Å². The van der Waals surface area contributed by atoms with Gasteiger partial charge in [0, 0.05) is 25.2 Å². The molecule has 0 spiro atoms. The monoisotopic (exact) mass is 293 g/mol. The number of nitrogens with zero attached hydrogens (tertiary/aromatic N) is 1. The summed E-state index contributed by atoms with van der Waals surface area (Å²) in [7, 11) is 0. The molecule has 2 rings (SSSR count). The first-order chi connectivity index (χ1) is 10.1. The summed E-state index contributed by atoms with van der Waals surface area (Å²) in [6, 6.07) is 5.96. The van der Waals surface area contributed by atoms with E-state index in [-0.39, 0.29) is 11.7 Å². The minimum absolute atomic E-state index is 0.0801. The van der Waals surface area contributed by atoms with E-state index in [0.717, 1.165) is 26.1 Å². The first-order valence-corrected chi connectivity index (χ1v) is 7.56. The van der Waals surface area contributed by atoms with Crippen LogP contribution in [0.2, 0.25) is 0 Å². The van der Waals surface area contributed by atoms with Crippen LogP contribution in [0, 0.1) is 17.7 Å². The Morgan fingerprint density at radius 2 is 2.33 bits per heavy atom. The number of amides is 1. The van der Waals surface area contributed by atoms with E-state index in [0.29, 0.717) is 30.5 Å². The number of piperidine rings is 1. The molecule has 1 aromatic rings. The molecule has 1 aromatic carbocycles. The van der Waals surface area contributed by atoms with Crippen molar-refractivity contribution in [3.05, 3.63) is 30.1 Å². The van der Waals surface area contributed by atoms with Crippen molar-refractivity contribution in [1.29, 1.82) is 0 Å². The van der Waals surface area contributed by atoms with Gasteiger partial charge in [-0.15, -0.1) is 0 Å².